The summed E-state index contributed by atoms with van der Waals surface area (Å²) in [5, 5.41) is 2.78. The average molecular weight is 259 g/mol. The van der Waals surface area contributed by atoms with E-state index in [2.05, 4.69) is 5.32 Å². The highest BCUT2D eigenvalue weighted by atomic mass is 16.2. The van der Waals surface area contributed by atoms with E-state index in [9.17, 15) is 9.59 Å². The molecule has 0 unspecified atom stereocenters. The first kappa shape index (κ1) is 12.2. The molecule has 1 fully saturated rings. The highest BCUT2D eigenvalue weighted by Gasteiger charge is 2.68. The number of anilines is 1. The van der Waals surface area contributed by atoms with E-state index in [4.69, 9.17) is 5.73 Å². The Morgan fingerprint density at radius 3 is 3.00 bits per heavy atom. The maximum absolute atomic E-state index is 12.5. The third-order valence-electron chi connectivity index (χ3n) is 4.15. The molecular weight excluding hydrogens is 242 g/mol. The molecule has 1 spiro atoms. The number of amides is 2. The van der Waals surface area contributed by atoms with Crippen LogP contribution in [0.1, 0.15) is 12.0 Å². The number of nitrogens with two attached hydrogens (primary N) is 1. The molecule has 2 atom stereocenters. The first-order valence-electron chi connectivity index (χ1n) is 6.48. The highest BCUT2D eigenvalue weighted by Crippen LogP contribution is 2.61. The van der Waals surface area contributed by atoms with Crippen molar-refractivity contribution >= 4 is 17.5 Å². The number of carbonyl (C=O) groups is 2. The van der Waals surface area contributed by atoms with Gasteiger partial charge >= 0.3 is 0 Å². The molecule has 1 aliphatic heterocycles. The zero-order valence-electron chi connectivity index (χ0n) is 10.8. The van der Waals surface area contributed by atoms with Gasteiger partial charge in [0.05, 0.1) is 11.3 Å². The lowest BCUT2D eigenvalue weighted by Crippen LogP contribution is -2.36. The summed E-state index contributed by atoms with van der Waals surface area (Å²) in [6, 6.07) is 7.70. The molecule has 5 heteroatoms. The third-order valence-corrected chi connectivity index (χ3v) is 4.15. The SMILES string of the molecule is CN1C(=O)[C@]2(C[C@H]2C(=O)NCCN)c2ccccc21. The predicted octanol–water partition coefficient (Wildman–Crippen LogP) is -0.00440. The minimum Gasteiger partial charge on any atom is -0.355 e. The van der Waals surface area contributed by atoms with Crippen LogP contribution in [-0.2, 0) is 15.0 Å². The Bertz CT molecular complexity index is 557. The normalized spacial score (nSPS) is 27.6. The van der Waals surface area contributed by atoms with Gasteiger partial charge in [0.2, 0.25) is 11.8 Å². The molecule has 2 aliphatic rings. The Morgan fingerprint density at radius 1 is 1.53 bits per heavy atom. The fourth-order valence-electron chi connectivity index (χ4n) is 3.10. The summed E-state index contributed by atoms with van der Waals surface area (Å²) in [5.41, 5.74) is 6.66. The Kier molecular flexibility index (Phi) is 2.60. The molecule has 3 N–H and O–H groups in total. The first-order chi connectivity index (χ1) is 9.13. The topological polar surface area (TPSA) is 75.4 Å². The van der Waals surface area contributed by atoms with E-state index in [0.717, 1.165) is 11.3 Å². The fraction of sp³-hybridized carbons (Fsp3) is 0.429. The highest BCUT2D eigenvalue weighted by molar-refractivity contribution is 6.13. The van der Waals surface area contributed by atoms with Crippen molar-refractivity contribution in [3.8, 4) is 0 Å². The van der Waals surface area contributed by atoms with Gasteiger partial charge in [-0.2, -0.15) is 0 Å². The van der Waals surface area contributed by atoms with Crippen LogP contribution in [0.2, 0.25) is 0 Å². The number of nitrogens with one attached hydrogen (secondary N) is 1. The molecule has 1 aliphatic carbocycles. The molecule has 0 bridgehead atoms. The molecular formula is C14H17N3O2. The molecule has 100 valence electrons. The molecule has 0 saturated heterocycles. The second-order valence-corrected chi connectivity index (χ2v) is 5.19. The van der Waals surface area contributed by atoms with Crippen molar-refractivity contribution < 1.29 is 9.59 Å². The van der Waals surface area contributed by atoms with E-state index in [-0.39, 0.29) is 17.7 Å². The smallest absolute Gasteiger partial charge is 0.238 e. The quantitative estimate of drug-likeness (QED) is 0.802. The summed E-state index contributed by atoms with van der Waals surface area (Å²) in [6.45, 7) is 0.868. The van der Waals surface area contributed by atoms with Crippen LogP contribution in [0.3, 0.4) is 0 Å². The van der Waals surface area contributed by atoms with Gasteiger partial charge in [0.25, 0.3) is 0 Å². The third kappa shape index (κ3) is 1.51. The van der Waals surface area contributed by atoms with Gasteiger partial charge in [0, 0.05) is 25.8 Å². The van der Waals surface area contributed by atoms with Crippen molar-refractivity contribution in [3.63, 3.8) is 0 Å². The summed E-state index contributed by atoms with van der Waals surface area (Å²) in [4.78, 5) is 26.2. The van der Waals surface area contributed by atoms with Gasteiger partial charge in [0.15, 0.2) is 0 Å². The van der Waals surface area contributed by atoms with Crippen LogP contribution in [0.15, 0.2) is 24.3 Å². The van der Waals surface area contributed by atoms with Crippen molar-refractivity contribution in [1.29, 1.82) is 0 Å². The van der Waals surface area contributed by atoms with Crippen LogP contribution in [0.25, 0.3) is 0 Å². The van der Waals surface area contributed by atoms with Crippen LogP contribution in [0, 0.1) is 5.92 Å². The Hall–Kier alpha value is -1.88. The van der Waals surface area contributed by atoms with Crippen molar-refractivity contribution in [3.05, 3.63) is 29.8 Å². The Morgan fingerprint density at radius 2 is 2.26 bits per heavy atom. The minimum atomic E-state index is -0.621. The van der Waals surface area contributed by atoms with Gasteiger partial charge in [-0.15, -0.1) is 0 Å². The van der Waals surface area contributed by atoms with E-state index in [1.54, 1.807) is 11.9 Å². The lowest BCUT2D eigenvalue weighted by molar-refractivity contribution is -0.126. The number of nitrogens with zero attached hydrogens (tertiary/aromatic N) is 1. The van der Waals surface area contributed by atoms with Crippen molar-refractivity contribution in [1.82, 2.24) is 5.32 Å². The number of para-hydroxylation sites is 1. The van der Waals surface area contributed by atoms with E-state index >= 15 is 0 Å². The van der Waals surface area contributed by atoms with Crippen molar-refractivity contribution in [2.24, 2.45) is 11.7 Å². The van der Waals surface area contributed by atoms with Crippen LogP contribution < -0.4 is 16.0 Å². The first-order valence-corrected chi connectivity index (χ1v) is 6.48. The number of likely N-dealkylation sites (N-methyl/N-ethyl adjacent to an activating group) is 1. The lowest BCUT2D eigenvalue weighted by Gasteiger charge is -2.11. The maximum atomic E-state index is 12.5. The van der Waals surface area contributed by atoms with Crippen LogP contribution in [0.4, 0.5) is 5.69 Å². The zero-order chi connectivity index (χ0) is 13.6. The number of hydrogen-bond donors (Lipinski definition) is 2. The fourth-order valence-corrected chi connectivity index (χ4v) is 3.10. The molecule has 3 rings (SSSR count). The Balaban J connectivity index is 1.91. The standard InChI is InChI=1S/C14H17N3O2/c1-17-11-5-3-2-4-9(11)14(13(17)19)8-10(14)12(18)16-7-6-15/h2-5,10H,6-8,15H2,1H3,(H,16,18)/t10-,14+/m0/s1. The summed E-state index contributed by atoms with van der Waals surface area (Å²) >= 11 is 0. The van der Waals surface area contributed by atoms with Crippen molar-refractivity contribution in [2.45, 2.75) is 11.8 Å². The average Bonchev–Trinajstić information content (AvgIpc) is 3.15. The molecule has 5 nitrogen and oxygen atoms in total. The van der Waals surface area contributed by atoms with Crippen LogP contribution in [-0.4, -0.2) is 32.0 Å². The number of fused-ring (bicyclic) bond motifs is 2. The van der Waals surface area contributed by atoms with Gasteiger partial charge in [-0.1, -0.05) is 18.2 Å². The Labute approximate surface area is 111 Å². The molecule has 1 saturated carbocycles. The van der Waals surface area contributed by atoms with Gasteiger partial charge in [-0.25, -0.2) is 0 Å². The zero-order valence-corrected chi connectivity index (χ0v) is 10.8. The number of carbonyl (C=O) groups excluding carboxylic acids is 2. The largest absolute Gasteiger partial charge is 0.355 e. The molecule has 1 heterocycles. The second-order valence-electron chi connectivity index (χ2n) is 5.19. The monoisotopic (exact) mass is 259 g/mol. The van der Waals surface area contributed by atoms with Gasteiger partial charge in [0.1, 0.15) is 0 Å². The van der Waals surface area contributed by atoms with Crippen LogP contribution in [0.5, 0.6) is 0 Å². The molecule has 1 aromatic carbocycles. The number of hydrogen-bond acceptors (Lipinski definition) is 3. The predicted molar refractivity (Wildman–Crippen MR) is 71.7 cm³/mol. The summed E-state index contributed by atoms with van der Waals surface area (Å²) in [5.74, 6) is -0.289. The maximum Gasteiger partial charge on any atom is 0.238 e. The van der Waals surface area contributed by atoms with Crippen molar-refractivity contribution in [2.75, 3.05) is 25.0 Å². The van der Waals surface area contributed by atoms with E-state index in [1.807, 2.05) is 24.3 Å². The minimum absolute atomic E-state index is 0.0293. The van der Waals surface area contributed by atoms with E-state index in [0.29, 0.717) is 19.5 Å². The van der Waals surface area contributed by atoms with Gasteiger partial charge < -0.3 is 16.0 Å². The molecule has 1 aromatic rings. The van der Waals surface area contributed by atoms with E-state index < -0.39 is 5.41 Å². The number of benzene rings is 1. The summed E-state index contributed by atoms with van der Waals surface area (Å²) in [6.07, 6.45) is 0.601. The lowest BCUT2D eigenvalue weighted by atomic mass is 9.94. The second kappa shape index (κ2) is 4.06. The molecule has 0 radical (unpaired) electrons. The van der Waals surface area contributed by atoms with Gasteiger partial charge in [-0.3, -0.25) is 9.59 Å². The summed E-state index contributed by atoms with van der Waals surface area (Å²) < 4.78 is 0. The molecule has 19 heavy (non-hydrogen) atoms. The molecule has 0 aromatic heterocycles. The van der Waals surface area contributed by atoms with Gasteiger partial charge in [-0.05, 0) is 18.1 Å². The number of rotatable bonds is 3. The van der Waals surface area contributed by atoms with Crippen LogP contribution >= 0.6 is 0 Å². The summed E-state index contributed by atoms with van der Waals surface area (Å²) in [7, 11) is 1.77. The van der Waals surface area contributed by atoms with E-state index in [1.165, 1.54) is 0 Å². The molecule has 2 amide bonds.